The molecule has 4 heteroatoms. The lowest BCUT2D eigenvalue weighted by Crippen LogP contribution is -2.50. The summed E-state index contributed by atoms with van der Waals surface area (Å²) in [4.78, 5) is 14.4. The summed E-state index contributed by atoms with van der Waals surface area (Å²) in [7, 11) is 0. The molecule has 3 unspecified atom stereocenters. The van der Waals surface area contributed by atoms with E-state index in [0.29, 0.717) is 11.4 Å². The van der Waals surface area contributed by atoms with Crippen LogP contribution in [0.1, 0.15) is 12.5 Å². The number of fused-ring (bicyclic) bond motifs is 3. The van der Waals surface area contributed by atoms with Crippen molar-refractivity contribution in [3.05, 3.63) is 60.2 Å². The Kier molecular flexibility index (Phi) is 3.72. The Balaban J connectivity index is 1.77. The zero-order valence-corrected chi connectivity index (χ0v) is 14.3. The second kappa shape index (κ2) is 5.95. The number of terminal acetylenes is 2. The second-order valence-electron chi connectivity index (χ2n) is 6.40. The maximum atomic E-state index is 12.9. The lowest BCUT2D eigenvalue weighted by atomic mass is 9.78. The Hall–Kier alpha value is -3.21. The van der Waals surface area contributed by atoms with Gasteiger partial charge in [-0.2, -0.15) is 0 Å². The molecule has 2 aromatic carbocycles. The van der Waals surface area contributed by atoms with Gasteiger partial charge in [-0.25, -0.2) is 4.79 Å². The fraction of sp³-hybridized carbons (Fsp3) is 0.227. The van der Waals surface area contributed by atoms with Gasteiger partial charge in [0, 0.05) is 5.56 Å². The summed E-state index contributed by atoms with van der Waals surface area (Å²) >= 11 is 0. The van der Waals surface area contributed by atoms with Crippen LogP contribution in [0.4, 0.5) is 10.5 Å². The molecule has 2 aliphatic rings. The van der Waals surface area contributed by atoms with E-state index in [1.54, 1.807) is 24.3 Å². The van der Waals surface area contributed by atoms with Crippen LogP contribution < -0.4 is 9.64 Å². The summed E-state index contributed by atoms with van der Waals surface area (Å²) in [5, 5.41) is 0. The number of ether oxygens (including phenoxy) is 2. The Bertz CT molecular complexity index is 940. The molecular formula is C22H17NO3. The zero-order valence-electron chi connectivity index (χ0n) is 14.3. The average molecular weight is 343 g/mol. The van der Waals surface area contributed by atoms with Gasteiger partial charge in [0.25, 0.3) is 0 Å². The number of hydrogen-bond donors (Lipinski definition) is 0. The first-order valence-electron chi connectivity index (χ1n) is 8.39. The third kappa shape index (κ3) is 2.20. The minimum absolute atomic E-state index is 0.170. The van der Waals surface area contributed by atoms with Crippen molar-refractivity contribution < 1.29 is 14.3 Å². The molecule has 4 atom stereocenters. The highest BCUT2D eigenvalue weighted by Crippen LogP contribution is 2.60. The molecule has 2 aliphatic heterocycles. The normalized spacial score (nSPS) is 26.5. The number of carbonyl (C=O) groups excluding carboxylic acids is 1. The standard InChI is InChI=1S/C22H17NO3/c1-4-15(3)22-17-13-9-10-14-19(17)23(18(5-2)20(22)26-22)21(24)25-16-11-7-6-8-12-16/h1-2,6-15,18,20H,3H3/t15?,18-,20?,22?/m0/s1. The van der Waals surface area contributed by atoms with Crippen LogP contribution >= 0.6 is 0 Å². The van der Waals surface area contributed by atoms with E-state index in [2.05, 4.69) is 11.8 Å². The second-order valence-corrected chi connectivity index (χ2v) is 6.40. The summed E-state index contributed by atoms with van der Waals surface area (Å²) in [5.41, 5.74) is 0.894. The molecule has 0 aliphatic carbocycles. The van der Waals surface area contributed by atoms with E-state index in [1.807, 2.05) is 37.3 Å². The van der Waals surface area contributed by atoms with Crippen LogP contribution in [0.2, 0.25) is 0 Å². The highest BCUT2D eigenvalue weighted by Gasteiger charge is 2.69. The maximum Gasteiger partial charge on any atom is 0.420 e. The number of benzene rings is 2. The first kappa shape index (κ1) is 16.3. The van der Waals surface area contributed by atoms with Gasteiger partial charge in [-0.3, -0.25) is 4.90 Å². The van der Waals surface area contributed by atoms with Crippen molar-refractivity contribution in [2.24, 2.45) is 5.92 Å². The predicted molar refractivity (Wildman–Crippen MR) is 98.6 cm³/mol. The van der Waals surface area contributed by atoms with Crippen LogP contribution in [-0.4, -0.2) is 18.2 Å². The molecule has 2 heterocycles. The van der Waals surface area contributed by atoms with Crippen LogP contribution in [0.15, 0.2) is 54.6 Å². The average Bonchev–Trinajstić information content (AvgIpc) is 3.44. The number of epoxide rings is 1. The van der Waals surface area contributed by atoms with Crippen molar-refractivity contribution in [1.29, 1.82) is 0 Å². The molecule has 26 heavy (non-hydrogen) atoms. The number of anilines is 1. The molecule has 0 spiro atoms. The van der Waals surface area contributed by atoms with Gasteiger partial charge in [0.05, 0.1) is 11.6 Å². The molecule has 0 aromatic heterocycles. The van der Waals surface area contributed by atoms with Gasteiger partial charge < -0.3 is 9.47 Å². The first-order valence-corrected chi connectivity index (χ1v) is 8.39. The molecule has 0 saturated carbocycles. The Morgan fingerprint density at radius 3 is 2.58 bits per heavy atom. The van der Waals surface area contributed by atoms with Gasteiger partial charge in [-0.05, 0) is 25.1 Å². The molecule has 0 radical (unpaired) electrons. The third-order valence-corrected chi connectivity index (χ3v) is 5.05. The topological polar surface area (TPSA) is 42.1 Å². The van der Waals surface area contributed by atoms with Crippen molar-refractivity contribution >= 4 is 11.8 Å². The minimum Gasteiger partial charge on any atom is -0.410 e. The van der Waals surface area contributed by atoms with Crippen LogP contribution in [0, 0.1) is 30.6 Å². The Morgan fingerprint density at radius 2 is 1.88 bits per heavy atom. The van der Waals surface area contributed by atoms with Crippen molar-refractivity contribution in [2.45, 2.75) is 24.7 Å². The third-order valence-electron chi connectivity index (χ3n) is 5.05. The summed E-state index contributed by atoms with van der Waals surface area (Å²) in [6.45, 7) is 1.93. The molecular weight excluding hydrogens is 326 g/mol. The van der Waals surface area contributed by atoms with Crippen molar-refractivity contribution in [3.63, 3.8) is 0 Å². The number of nitrogens with zero attached hydrogens (tertiary/aromatic N) is 1. The maximum absolute atomic E-state index is 12.9. The van der Waals surface area contributed by atoms with E-state index in [4.69, 9.17) is 22.3 Å². The first-order chi connectivity index (χ1) is 12.6. The molecule has 128 valence electrons. The largest absolute Gasteiger partial charge is 0.420 e. The van der Waals surface area contributed by atoms with Crippen LogP contribution in [-0.2, 0) is 10.3 Å². The fourth-order valence-electron chi connectivity index (χ4n) is 3.71. The van der Waals surface area contributed by atoms with Crippen molar-refractivity contribution in [3.8, 4) is 30.4 Å². The molecule has 4 nitrogen and oxygen atoms in total. The van der Waals surface area contributed by atoms with Crippen molar-refractivity contribution in [1.82, 2.24) is 0 Å². The Labute approximate surface area is 152 Å². The number of amides is 1. The molecule has 1 amide bonds. The van der Waals surface area contributed by atoms with E-state index in [-0.39, 0.29) is 12.0 Å². The van der Waals surface area contributed by atoms with Gasteiger partial charge in [-0.1, -0.05) is 42.3 Å². The summed E-state index contributed by atoms with van der Waals surface area (Å²) in [5.74, 6) is 5.73. The van der Waals surface area contributed by atoms with Gasteiger partial charge >= 0.3 is 6.09 Å². The highest BCUT2D eigenvalue weighted by molar-refractivity contribution is 5.93. The SMILES string of the molecule is C#CC(C)C12OC1[C@H](C#C)N(C(=O)Oc1ccccc1)c1ccccc12. The lowest BCUT2D eigenvalue weighted by Gasteiger charge is -2.35. The van der Waals surface area contributed by atoms with E-state index < -0.39 is 17.7 Å². The number of rotatable bonds is 2. The van der Waals surface area contributed by atoms with Crippen LogP contribution in [0.3, 0.4) is 0 Å². The molecule has 0 bridgehead atoms. The van der Waals surface area contributed by atoms with Gasteiger partial charge in [0.1, 0.15) is 23.5 Å². The van der Waals surface area contributed by atoms with E-state index in [1.165, 1.54) is 4.90 Å². The smallest absolute Gasteiger partial charge is 0.410 e. The van der Waals surface area contributed by atoms with E-state index in [9.17, 15) is 4.79 Å². The summed E-state index contributed by atoms with van der Waals surface area (Å²) < 4.78 is 11.6. The minimum atomic E-state index is -0.647. The summed E-state index contributed by atoms with van der Waals surface area (Å²) in [6.07, 6.45) is 10.5. The van der Waals surface area contributed by atoms with Crippen molar-refractivity contribution in [2.75, 3.05) is 4.90 Å². The highest BCUT2D eigenvalue weighted by atomic mass is 16.6. The van der Waals surface area contributed by atoms with E-state index >= 15 is 0 Å². The van der Waals surface area contributed by atoms with Crippen LogP contribution in [0.5, 0.6) is 5.75 Å². The summed E-state index contributed by atoms with van der Waals surface area (Å²) in [6, 6.07) is 15.8. The quantitative estimate of drug-likeness (QED) is 0.618. The molecule has 2 aromatic rings. The van der Waals surface area contributed by atoms with Gasteiger partial charge in [0.15, 0.2) is 0 Å². The number of carbonyl (C=O) groups is 1. The van der Waals surface area contributed by atoms with E-state index in [0.717, 1.165) is 5.56 Å². The van der Waals surface area contributed by atoms with Gasteiger partial charge in [0.2, 0.25) is 0 Å². The molecule has 4 rings (SSSR count). The number of hydrogen-bond acceptors (Lipinski definition) is 3. The number of para-hydroxylation sites is 2. The lowest BCUT2D eigenvalue weighted by molar-refractivity contribution is 0.205. The predicted octanol–water partition coefficient (Wildman–Crippen LogP) is 3.57. The van der Waals surface area contributed by atoms with Gasteiger partial charge in [-0.15, -0.1) is 18.8 Å². The van der Waals surface area contributed by atoms with Crippen LogP contribution in [0.25, 0.3) is 0 Å². The molecule has 1 saturated heterocycles. The monoisotopic (exact) mass is 343 g/mol. The fourth-order valence-corrected chi connectivity index (χ4v) is 3.71. The Morgan fingerprint density at radius 1 is 1.19 bits per heavy atom. The molecule has 1 fully saturated rings. The molecule has 0 N–H and O–H groups in total. The zero-order chi connectivity index (χ0) is 18.3.